The van der Waals surface area contributed by atoms with Crippen LogP contribution in [0.3, 0.4) is 0 Å². The van der Waals surface area contributed by atoms with E-state index in [2.05, 4.69) is 10.0 Å². The first-order valence-electron chi connectivity index (χ1n) is 10.4. The zero-order valence-corrected chi connectivity index (χ0v) is 19.5. The van der Waals surface area contributed by atoms with Gasteiger partial charge < -0.3 is 10.1 Å². The molecule has 0 aliphatic heterocycles. The maximum Gasteiger partial charge on any atom is 0.261 e. The van der Waals surface area contributed by atoms with Crippen LogP contribution in [0.1, 0.15) is 40.9 Å². The predicted octanol–water partition coefficient (Wildman–Crippen LogP) is 5.28. The van der Waals surface area contributed by atoms with Gasteiger partial charge in [-0.05, 0) is 75.2 Å². The second-order valence-corrected chi connectivity index (χ2v) is 9.64. The SMILES string of the molecule is Cc1ccc(NS(=O)(=O)c2ccc(C)c(C(=O)Nc3cccc(COC(C)C)c3)c2)cc1. The first kappa shape index (κ1) is 23.5. The van der Waals surface area contributed by atoms with E-state index < -0.39 is 10.0 Å². The Morgan fingerprint density at radius 3 is 2.34 bits per heavy atom. The molecule has 3 aromatic carbocycles. The van der Waals surface area contributed by atoms with Crippen molar-refractivity contribution >= 4 is 27.3 Å². The van der Waals surface area contributed by atoms with Crippen LogP contribution in [-0.2, 0) is 21.4 Å². The molecule has 168 valence electrons. The number of carbonyl (C=O) groups is 1. The summed E-state index contributed by atoms with van der Waals surface area (Å²) in [6, 6.07) is 19.0. The fraction of sp³-hybridized carbons (Fsp3) is 0.240. The van der Waals surface area contributed by atoms with Crippen LogP contribution in [0.2, 0.25) is 0 Å². The van der Waals surface area contributed by atoms with Gasteiger partial charge in [-0.3, -0.25) is 9.52 Å². The lowest BCUT2D eigenvalue weighted by atomic mass is 10.1. The molecule has 0 saturated carbocycles. The summed E-state index contributed by atoms with van der Waals surface area (Å²) in [6.07, 6.45) is 0.106. The van der Waals surface area contributed by atoms with Gasteiger partial charge in [-0.15, -0.1) is 0 Å². The standard InChI is InChI=1S/C25H28N2O4S/c1-17(2)31-16-20-6-5-7-22(14-20)26-25(28)24-15-23(13-10-19(24)4)32(29,30)27-21-11-8-18(3)9-12-21/h5-15,17,27H,16H2,1-4H3,(H,26,28). The first-order chi connectivity index (χ1) is 15.1. The second-order valence-electron chi connectivity index (χ2n) is 7.96. The normalized spacial score (nSPS) is 11.4. The molecule has 3 rings (SSSR count). The maximum absolute atomic E-state index is 12.9. The minimum Gasteiger partial charge on any atom is -0.374 e. The fourth-order valence-corrected chi connectivity index (χ4v) is 4.13. The Kier molecular flexibility index (Phi) is 7.33. The molecule has 32 heavy (non-hydrogen) atoms. The molecule has 0 atom stereocenters. The topological polar surface area (TPSA) is 84.5 Å². The molecule has 2 N–H and O–H groups in total. The highest BCUT2D eigenvalue weighted by molar-refractivity contribution is 7.92. The largest absolute Gasteiger partial charge is 0.374 e. The highest BCUT2D eigenvalue weighted by Crippen LogP contribution is 2.21. The van der Waals surface area contributed by atoms with Gasteiger partial charge in [0.05, 0.1) is 17.6 Å². The zero-order valence-electron chi connectivity index (χ0n) is 18.7. The van der Waals surface area contributed by atoms with Gasteiger partial charge in [0.1, 0.15) is 0 Å². The Hall–Kier alpha value is -3.16. The van der Waals surface area contributed by atoms with E-state index in [0.29, 0.717) is 29.1 Å². The monoisotopic (exact) mass is 452 g/mol. The lowest BCUT2D eigenvalue weighted by Crippen LogP contribution is -2.17. The number of benzene rings is 3. The Bertz CT molecular complexity index is 1200. The predicted molar refractivity (Wildman–Crippen MR) is 127 cm³/mol. The van der Waals surface area contributed by atoms with E-state index in [1.54, 1.807) is 31.2 Å². The lowest BCUT2D eigenvalue weighted by Gasteiger charge is -2.13. The third-order valence-corrected chi connectivity index (χ3v) is 6.21. The van der Waals surface area contributed by atoms with E-state index in [1.165, 1.54) is 12.1 Å². The van der Waals surface area contributed by atoms with Crippen LogP contribution in [0.4, 0.5) is 11.4 Å². The molecule has 0 aromatic heterocycles. The summed E-state index contributed by atoms with van der Waals surface area (Å²) < 4.78 is 33.9. The fourth-order valence-electron chi connectivity index (χ4n) is 3.05. The molecule has 0 spiro atoms. The third-order valence-electron chi connectivity index (χ3n) is 4.84. The number of rotatable bonds is 8. The van der Waals surface area contributed by atoms with Crippen molar-refractivity contribution in [3.8, 4) is 0 Å². The van der Waals surface area contributed by atoms with Crippen molar-refractivity contribution in [3.05, 3.63) is 89.0 Å². The number of sulfonamides is 1. The quantitative estimate of drug-likeness (QED) is 0.487. The highest BCUT2D eigenvalue weighted by atomic mass is 32.2. The van der Waals surface area contributed by atoms with Crippen LogP contribution in [0.25, 0.3) is 0 Å². The number of carbonyl (C=O) groups excluding carboxylic acids is 1. The van der Waals surface area contributed by atoms with Gasteiger partial charge in [-0.25, -0.2) is 8.42 Å². The smallest absolute Gasteiger partial charge is 0.261 e. The number of amides is 1. The number of ether oxygens (including phenoxy) is 1. The summed E-state index contributed by atoms with van der Waals surface area (Å²) >= 11 is 0. The van der Waals surface area contributed by atoms with E-state index in [0.717, 1.165) is 11.1 Å². The van der Waals surface area contributed by atoms with Crippen molar-refractivity contribution < 1.29 is 17.9 Å². The molecule has 0 aliphatic rings. The average molecular weight is 453 g/mol. The van der Waals surface area contributed by atoms with Crippen molar-refractivity contribution in [2.75, 3.05) is 10.0 Å². The molecular formula is C25H28N2O4S. The van der Waals surface area contributed by atoms with Crippen LogP contribution in [0.5, 0.6) is 0 Å². The Morgan fingerprint density at radius 1 is 0.938 bits per heavy atom. The van der Waals surface area contributed by atoms with Gasteiger partial charge in [0, 0.05) is 16.9 Å². The van der Waals surface area contributed by atoms with Crippen LogP contribution >= 0.6 is 0 Å². The molecule has 0 fully saturated rings. The Labute approximate surface area is 189 Å². The zero-order chi connectivity index (χ0) is 23.3. The molecule has 7 heteroatoms. The molecule has 0 saturated heterocycles. The first-order valence-corrected chi connectivity index (χ1v) is 11.8. The third kappa shape index (κ3) is 6.18. The molecule has 3 aromatic rings. The number of aryl methyl sites for hydroxylation is 2. The summed E-state index contributed by atoms with van der Waals surface area (Å²) in [7, 11) is -3.84. The van der Waals surface area contributed by atoms with E-state index in [9.17, 15) is 13.2 Å². The minimum absolute atomic E-state index is 0.0212. The summed E-state index contributed by atoms with van der Waals surface area (Å²) in [4.78, 5) is 13.0. The summed E-state index contributed by atoms with van der Waals surface area (Å²) in [5.41, 5.74) is 4.01. The van der Waals surface area contributed by atoms with Crippen LogP contribution in [0, 0.1) is 13.8 Å². The van der Waals surface area contributed by atoms with Gasteiger partial charge in [-0.2, -0.15) is 0 Å². The van der Waals surface area contributed by atoms with E-state index in [1.807, 2.05) is 51.1 Å². The molecular weight excluding hydrogens is 424 g/mol. The molecule has 6 nitrogen and oxygen atoms in total. The Morgan fingerprint density at radius 2 is 1.66 bits per heavy atom. The van der Waals surface area contributed by atoms with E-state index in [-0.39, 0.29) is 16.9 Å². The lowest BCUT2D eigenvalue weighted by molar-refractivity contribution is 0.0657. The average Bonchev–Trinajstić information content (AvgIpc) is 2.74. The van der Waals surface area contributed by atoms with Crippen molar-refractivity contribution in [2.24, 2.45) is 0 Å². The van der Waals surface area contributed by atoms with Crippen molar-refractivity contribution in [2.45, 2.75) is 45.3 Å². The van der Waals surface area contributed by atoms with Crippen LogP contribution < -0.4 is 10.0 Å². The van der Waals surface area contributed by atoms with Gasteiger partial charge in [0.2, 0.25) is 0 Å². The number of nitrogens with one attached hydrogen (secondary N) is 2. The summed E-state index contributed by atoms with van der Waals surface area (Å²) in [5.74, 6) is -0.378. The molecule has 0 heterocycles. The van der Waals surface area contributed by atoms with E-state index in [4.69, 9.17) is 4.74 Å². The minimum atomic E-state index is -3.84. The summed E-state index contributed by atoms with van der Waals surface area (Å²) in [6.45, 7) is 8.06. The number of hydrogen-bond acceptors (Lipinski definition) is 4. The molecule has 0 unspecified atom stereocenters. The van der Waals surface area contributed by atoms with Gasteiger partial charge in [0.15, 0.2) is 0 Å². The van der Waals surface area contributed by atoms with E-state index >= 15 is 0 Å². The van der Waals surface area contributed by atoms with Gasteiger partial charge >= 0.3 is 0 Å². The van der Waals surface area contributed by atoms with Crippen molar-refractivity contribution in [3.63, 3.8) is 0 Å². The second kappa shape index (κ2) is 9.97. The highest BCUT2D eigenvalue weighted by Gasteiger charge is 2.18. The molecule has 0 radical (unpaired) electrons. The van der Waals surface area contributed by atoms with Gasteiger partial charge in [0.25, 0.3) is 15.9 Å². The van der Waals surface area contributed by atoms with Crippen molar-refractivity contribution in [1.82, 2.24) is 0 Å². The maximum atomic E-state index is 12.9. The summed E-state index contributed by atoms with van der Waals surface area (Å²) in [5, 5.41) is 2.85. The van der Waals surface area contributed by atoms with Crippen molar-refractivity contribution in [1.29, 1.82) is 0 Å². The van der Waals surface area contributed by atoms with Crippen LogP contribution in [0.15, 0.2) is 71.6 Å². The number of anilines is 2. The molecule has 1 amide bonds. The van der Waals surface area contributed by atoms with Crippen LogP contribution in [-0.4, -0.2) is 20.4 Å². The molecule has 0 bridgehead atoms. The molecule has 0 aliphatic carbocycles. The van der Waals surface area contributed by atoms with Gasteiger partial charge in [-0.1, -0.05) is 35.9 Å². The number of hydrogen-bond donors (Lipinski definition) is 2. The Balaban J connectivity index is 1.80.